The van der Waals surface area contributed by atoms with E-state index in [2.05, 4.69) is 5.32 Å². The number of nitrogens with zero attached hydrogens (tertiary/aromatic N) is 1. The Balaban J connectivity index is 1.94. The lowest BCUT2D eigenvalue weighted by Gasteiger charge is -2.23. The molecule has 0 radical (unpaired) electrons. The van der Waals surface area contributed by atoms with Gasteiger partial charge in [0.1, 0.15) is 11.8 Å². The van der Waals surface area contributed by atoms with Crippen molar-refractivity contribution in [1.29, 1.82) is 0 Å². The summed E-state index contributed by atoms with van der Waals surface area (Å²) in [6.45, 7) is 3.59. The minimum absolute atomic E-state index is 0.172. The highest BCUT2D eigenvalue weighted by molar-refractivity contribution is 6.30. The van der Waals surface area contributed by atoms with E-state index < -0.39 is 24.5 Å². The molecule has 0 aliphatic rings. The molecule has 0 saturated carbocycles. The van der Waals surface area contributed by atoms with Crippen LogP contribution < -0.4 is 5.32 Å². The van der Waals surface area contributed by atoms with E-state index in [-0.39, 0.29) is 18.4 Å². The number of carbonyl (C=O) groups is 3. The van der Waals surface area contributed by atoms with E-state index >= 15 is 0 Å². The van der Waals surface area contributed by atoms with Gasteiger partial charge in [-0.15, -0.1) is 0 Å². The Hall–Kier alpha value is -2.80. The SMILES string of the molecule is CC[C@H](C)[C@H](NC(=O)c1ccc(Cl)cc1)C(=O)OCC(=O)N(C)Cc1ccco1. The van der Waals surface area contributed by atoms with Gasteiger partial charge in [0.05, 0.1) is 12.8 Å². The lowest BCUT2D eigenvalue weighted by molar-refractivity contribution is -0.154. The summed E-state index contributed by atoms with van der Waals surface area (Å²) in [5.74, 6) is -0.983. The van der Waals surface area contributed by atoms with Crippen LogP contribution in [0.1, 0.15) is 36.4 Å². The molecule has 1 heterocycles. The summed E-state index contributed by atoms with van der Waals surface area (Å²) in [6, 6.07) is 8.95. The zero-order chi connectivity index (χ0) is 21.4. The summed E-state index contributed by atoms with van der Waals surface area (Å²) < 4.78 is 10.4. The minimum atomic E-state index is -0.869. The topological polar surface area (TPSA) is 88.8 Å². The van der Waals surface area contributed by atoms with E-state index in [0.717, 1.165) is 0 Å². The molecule has 0 fully saturated rings. The highest BCUT2D eigenvalue weighted by atomic mass is 35.5. The van der Waals surface area contributed by atoms with Crippen molar-refractivity contribution >= 4 is 29.4 Å². The first kappa shape index (κ1) is 22.5. The molecule has 1 N–H and O–H groups in total. The average molecular weight is 421 g/mol. The molecule has 1 aromatic carbocycles. The van der Waals surface area contributed by atoms with Gasteiger partial charge in [0, 0.05) is 17.6 Å². The van der Waals surface area contributed by atoms with Crippen LogP contribution in [-0.4, -0.2) is 42.4 Å². The molecule has 8 heteroatoms. The number of likely N-dealkylation sites (N-methyl/N-ethyl adjacent to an activating group) is 1. The number of furan rings is 1. The Morgan fingerprint density at radius 2 is 1.90 bits per heavy atom. The summed E-state index contributed by atoms with van der Waals surface area (Å²) in [7, 11) is 1.59. The van der Waals surface area contributed by atoms with Crippen molar-refractivity contribution in [3.8, 4) is 0 Å². The van der Waals surface area contributed by atoms with Gasteiger partial charge in [0.15, 0.2) is 6.61 Å². The maximum absolute atomic E-state index is 12.6. The van der Waals surface area contributed by atoms with E-state index in [4.69, 9.17) is 20.8 Å². The maximum atomic E-state index is 12.6. The number of amides is 2. The maximum Gasteiger partial charge on any atom is 0.329 e. The summed E-state index contributed by atoms with van der Waals surface area (Å²) in [5, 5.41) is 3.21. The van der Waals surface area contributed by atoms with Gasteiger partial charge in [0.2, 0.25) is 0 Å². The second-order valence-electron chi connectivity index (χ2n) is 6.78. The largest absolute Gasteiger partial charge is 0.467 e. The van der Waals surface area contributed by atoms with Crippen LogP contribution in [-0.2, 0) is 20.9 Å². The van der Waals surface area contributed by atoms with Crippen molar-refractivity contribution in [3.05, 3.63) is 59.0 Å². The number of esters is 1. The Morgan fingerprint density at radius 3 is 2.48 bits per heavy atom. The molecule has 2 amide bonds. The summed E-state index contributed by atoms with van der Waals surface area (Å²) in [6.07, 6.45) is 2.17. The molecule has 7 nitrogen and oxygen atoms in total. The summed E-state index contributed by atoms with van der Waals surface area (Å²) in [4.78, 5) is 38.6. The predicted octanol–water partition coefficient (Wildman–Crippen LogP) is 3.28. The van der Waals surface area contributed by atoms with Gasteiger partial charge in [-0.3, -0.25) is 9.59 Å². The van der Waals surface area contributed by atoms with Crippen LogP contribution in [0.5, 0.6) is 0 Å². The molecule has 0 aliphatic heterocycles. The Labute approximate surface area is 175 Å². The van der Waals surface area contributed by atoms with E-state index in [9.17, 15) is 14.4 Å². The lowest BCUT2D eigenvalue weighted by atomic mass is 9.99. The number of carbonyl (C=O) groups excluding carboxylic acids is 3. The first-order valence-electron chi connectivity index (χ1n) is 9.31. The highest BCUT2D eigenvalue weighted by Crippen LogP contribution is 2.13. The first-order chi connectivity index (χ1) is 13.8. The number of halogens is 1. The molecule has 2 rings (SSSR count). The van der Waals surface area contributed by atoms with Crippen molar-refractivity contribution in [2.45, 2.75) is 32.9 Å². The smallest absolute Gasteiger partial charge is 0.329 e. The van der Waals surface area contributed by atoms with Crippen LogP contribution in [0.15, 0.2) is 47.1 Å². The van der Waals surface area contributed by atoms with Gasteiger partial charge < -0.3 is 19.4 Å². The molecule has 0 unspecified atom stereocenters. The molecular formula is C21H25ClN2O5. The van der Waals surface area contributed by atoms with E-state index in [1.165, 1.54) is 11.2 Å². The number of nitrogens with one attached hydrogen (secondary N) is 1. The van der Waals surface area contributed by atoms with Crippen molar-refractivity contribution in [2.24, 2.45) is 5.92 Å². The fourth-order valence-electron chi connectivity index (χ4n) is 2.55. The Bertz CT molecular complexity index is 820. The lowest BCUT2D eigenvalue weighted by Crippen LogP contribution is -2.46. The van der Waals surface area contributed by atoms with Crippen molar-refractivity contribution in [3.63, 3.8) is 0 Å². The highest BCUT2D eigenvalue weighted by Gasteiger charge is 2.28. The normalized spacial score (nSPS) is 12.7. The van der Waals surface area contributed by atoms with Gasteiger partial charge in [-0.25, -0.2) is 4.79 Å². The monoisotopic (exact) mass is 420 g/mol. The molecule has 0 spiro atoms. The van der Waals surface area contributed by atoms with Crippen LogP contribution in [0.3, 0.4) is 0 Å². The fourth-order valence-corrected chi connectivity index (χ4v) is 2.68. The molecule has 2 atom stereocenters. The minimum Gasteiger partial charge on any atom is -0.467 e. The second-order valence-corrected chi connectivity index (χ2v) is 7.22. The van der Waals surface area contributed by atoms with Gasteiger partial charge in [-0.05, 0) is 42.3 Å². The van der Waals surface area contributed by atoms with Crippen molar-refractivity contribution in [2.75, 3.05) is 13.7 Å². The fraction of sp³-hybridized carbons (Fsp3) is 0.381. The number of hydrogen-bond donors (Lipinski definition) is 1. The quantitative estimate of drug-likeness (QED) is 0.629. The third-order valence-corrected chi connectivity index (χ3v) is 4.85. The van der Waals surface area contributed by atoms with Crippen LogP contribution >= 0.6 is 11.6 Å². The number of rotatable bonds is 9. The summed E-state index contributed by atoms with van der Waals surface area (Å²) >= 11 is 5.84. The predicted molar refractivity (Wildman–Crippen MR) is 108 cm³/mol. The zero-order valence-electron chi connectivity index (χ0n) is 16.7. The molecule has 0 saturated heterocycles. The van der Waals surface area contributed by atoms with Crippen molar-refractivity contribution < 1.29 is 23.5 Å². The van der Waals surface area contributed by atoms with Gasteiger partial charge in [-0.1, -0.05) is 31.9 Å². The molecule has 156 valence electrons. The Morgan fingerprint density at radius 1 is 1.21 bits per heavy atom. The van der Waals surface area contributed by atoms with Crippen LogP contribution in [0.25, 0.3) is 0 Å². The molecule has 1 aromatic heterocycles. The van der Waals surface area contributed by atoms with Gasteiger partial charge >= 0.3 is 5.97 Å². The molecule has 0 bridgehead atoms. The number of benzene rings is 1. The number of ether oxygens (including phenoxy) is 1. The van der Waals surface area contributed by atoms with Crippen LogP contribution in [0.4, 0.5) is 0 Å². The zero-order valence-corrected chi connectivity index (χ0v) is 17.4. The van der Waals surface area contributed by atoms with Crippen LogP contribution in [0.2, 0.25) is 5.02 Å². The Kier molecular flexibility index (Phi) is 8.27. The van der Waals surface area contributed by atoms with Crippen LogP contribution in [0, 0.1) is 5.92 Å². The van der Waals surface area contributed by atoms with E-state index in [1.807, 2.05) is 13.8 Å². The molecule has 29 heavy (non-hydrogen) atoms. The van der Waals surface area contributed by atoms with E-state index in [0.29, 0.717) is 22.8 Å². The van der Waals surface area contributed by atoms with E-state index in [1.54, 1.807) is 43.4 Å². The summed E-state index contributed by atoms with van der Waals surface area (Å²) in [5.41, 5.74) is 0.379. The third-order valence-electron chi connectivity index (χ3n) is 4.60. The van der Waals surface area contributed by atoms with Gasteiger partial charge in [-0.2, -0.15) is 0 Å². The first-order valence-corrected chi connectivity index (χ1v) is 9.69. The average Bonchev–Trinajstić information content (AvgIpc) is 3.22. The van der Waals surface area contributed by atoms with Crippen molar-refractivity contribution in [1.82, 2.24) is 10.2 Å². The standard InChI is InChI=1S/C21H25ClN2O5/c1-4-14(2)19(23-20(26)15-7-9-16(22)10-8-15)21(27)29-13-18(25)24(3)12-17-6-5-11-28-17/h5-11,14,19H,4,12-13H2,1-3H3,(H,23,26)/t14-,19-/m0/s1. The molecule has 2 aromatic rings. The second kappa shape index (κ2) is 10.7. The number of hydrogen-bond acceptors (Lipinski definition) is 5. The molecule has 0 aliphatic carbocycles. The molecular weight excluding hydrogens is 396 g/mol. The third kappa shape index (κ3) is 6.64. The van der Waals surface area contributed by atoms with Gasteiger partial charge in [0.25, 0.3) is 11.8 Å².